The van der Waals surface area contributed by atoms with Gasteiger partial charge in [0.15, 0.2) is 0 Å². The van der Waals surface area contributed by atoms with Crippen LogP contribution in [-0.4, -0.2) is 23.7 Å². The predicted octanol–water partition coefficient (Wildman–Crippen LogP) is 1.92. The van der Waals surface area contributed by atoms with Crippen LogP contribution in [0.1, 0.15) is 30.1 Å². The van der Waals surface area contributed by atoms with Crippen molar-refractivity contribution in [2.75, 3.05) is 12.3 Å². The minimum absolute atomic E-state index is 0.00354. The van der Waals surface area contributed by atoms with Crippen molar-refractivity contribution < 1.29 is 9.90 Å². The molecule has 0 aliphatic carbocycles. The van der Waals surface area contributed by atoms with Gasteiger partial charge < -0.3 is 16.2 Å². The van der Waals surface area contributed by atoms with Gasteiger partial charge in [0.25, 0.3) is 5.91 Å². The highest BCUT2D eigenvalue weighted by Crippen LogP contribution is 2.20. The summed E-state index contributed by atoms with van der Waals surface area (Å²) in [5, 5.41) is 11.7. The van der Waals surface area contributed by atoms with Crippen LogP contribution >= 0.6 is 15.9 Å². The van der Waals surface area contributed by atoms with Gasteiger partial charge in [-0.25, -0.2) is 0 Å². The van der Waals surface area contributed by atoms with Crippen molar-refractivity contribution >= 4 is 27.5 Å². The van der Waals surface area contributed by atoms with E-state index in [1.54, 1.807) is 18.2 Å². The quantitative estimate of drug-likeness (QED) is 0.727. The number of halogens is 1. The monoisotopic (exact) mass is 300 g/mol. The molecular formula is C12H17BrN2O2. The van der Waals surface area contributed by atoms with Gasteiger partial charge in [0.2, 0.25) is 0 Å². The molecule has 94 valence electrons. The van der Waals surface area contributed by atoms with E-state index in [9.17, 15) is 4.79 Å². The highest BCUT2D eigenvalue weighted by molar-refractivity contribution is 9.10. The highest BCUT2D eigenvalue weighted by atomic mass is 79.9. The molecule has 1 unspecified atom stereocenters. The smallest absolute Gasteiger partial charge is 0.251 e. The summed E-state index contributed by atoms with van der Waals surface area (Å²) in [6.07, 6.45) is 1.36. The third-order valence-electron chi connectivity index (χ3n) is 2.57. The van der Waals surface area contributed by atoms with Gasteiger partial charge >= 0.3 is 0 Å². The van der Waals surface area contributed by atoms with Crippen molar-refractivity contribution in [3.63, 3.8) is 0 Å². The van der Waals surface area contributed by atoms with Gasteiger partial charge in [0, 0.05) is 28.4 Å². The Labute approximate surface area is 109 Å². The van der Waals surface area contributed by atoms with E-state index in [0.29, 0.717) is 22.1 Å². The van der Waals surface area contributed by atoms with Gasteiger partial charge in [-0.2, -0.15) is 0 Å². The third kappa shape index (κ3) is 4.02. The Balaban J connectivity index is 2.72. The molecule has 1 amide bonds. The Morgan fingerprint density at radius 3 is 2.82 bits per heavy atom. The molecule has 4 N–H and O–H groups in total. The van der Waals surface area contributed by atoms with E-state index in [-0.39, 0.29) is 18.6 Å². The molecule has 0 fully saturated rings. The van der Waals surface area contributed by atoms with Crippen LogP contribution in [0, 0.1) is 0 Å². The number of rotatable bonds is 5. The van der Waals surface area contributed by atoms with Crippen LogP contribution in [0.25, 0.3) is 0 Å². The van der Waals surface area contributed by atoms with Crippen LogP contribution in [0.5, 0.6) is 0 Å². The highest BCUT2D eigenvalue weighted by Gasteiger charge is 2.12. The van der Waals surface area contributed by atoms with Crippen LogP contribution in [0.2, 0.25) is 0 Å². The second kappa shape index (κ2) is 6.61. The minimum atomic E-state index is -0.147. The van der Waals surface area contributed by atoms with E-state index < -0.39 is 0 Å². The zero-order chi connectivity index (χ0) is 12.8. The number of hydrogen-bond donors (Lipinski definition) is 3. The molecule has 0 heterocycles. The van der Waals surface area contributed by atoms with E-state index in [1.807, 2.05) is 6.92 Å². The van der Waals surface area contributed by atoms with Crippen molar-refractivity contribution in [3.8, 4) is 0 Å². The Hall–Kier alpha value is -1.07. The molecule has 0 spiro atoms. The number of amides is 1. The summed E-state index contributed by atoms with van der Waals surface area (Å²) in [5.74, 6) is -0.147. The molecular weight excluding hydrogens is 284 g/mol. The number of anilines is 1. The van der Waals surface area contributed by atoms with Gasteiger partial charge in [0.1, 0.15) is 0 Å². The zero-order valence-corrected chi connectivity index (χ0v) is 11.3. The SMILES string of the molecule is CCC(CCO)NC(=O)c1ccc(N)c(Br)c1. The number of hydrogen-bond acceptors (Lipinski definition) is 3. The lowest BCUT2D eigenvalue weighted by Crippen LogP contribution is -2.35. The van der Waals surface area contributed by atoms with E-state index in [0.717, 1.165) is 6.42 Å². The molecule has 4 nitrogen and oxygen atoms in total. The molecule has 0 aliphatic heterocycles. The third-order valence-corrected chi connectivity index (χ3v) is 3.25. The number of nitrogens with two attached hydrogens (primary N) is 1. The minimum Gasteiger partial charge on any atom is -0.398 e. The van der Waals surface area contributed by atoms with Gasteiger partial charge in [-0.1, -0.05) is 6.92 Å². The molecule has 0 radical (unpaired) electrons. The summed E-state index contributed by atoms with van der Waals surface area (Å²) in [4.78, 5) is 11.9. The molecule has 1 atom stereocenters. The Bertz CT molecular complexity index is 396. The first-order valence-electron chi connectivity index (χ1n) is 5.55. The number of aliphatic hydroxyl groups is 1. The van der Waals surface area contributed by atoms with Crippen LogP contribution in [0.3, 0.4) is 0 Å². The summed E-state index contributed by atoms with van der Waals surface area (Å²) in [6, 6.07) is 5.06. The topological polar surface area (TPSA) is 75.3 Å². The summed E-state index contributed by atoms with van der Waals surface area (Å²) < 4.78 is 0.709. The van der Waals surface area contributed by atoms with E-state index in [4.69, 9.17) is 10.8 Å². The maximum absolute atomic E-state index is 11.9. The predicted molar refractivity (Wildman–Crippen MR) is 71.8 cm³/mol. The fraction of sp³-hybridized carbons (Fsp3) is 0.417. The van der Waals surface area contributed by atoms with Crippen LogP contribution in [0.4, 0.5) is 5.69 Å². The Kier molecular flexibility index (Phi) is 5.44. The number of carbonyl (C=O) groups excluding carboxylic acids is 1. The maximum Gasteiger partial charge on any atom is 0.251 e. The van der Waals surface area contributed by atoms with Crippen molar-refractivity contribution in [3.05, 3.63) is 28.2 Å². The van der Waals surface area contributed by atoms with E-state index in [2.05, 4.69) is 21.2 Å². The first kappa shape index (κ1) is 14.0. The lowest BCUT2D eigenvalue weighted by atomic mass is 10.1. The molecule has 0 aromatic heterocycles. The fourth-order valence-electron chi connectivity index (χ4n) is 1.47. The van der Waals surface area contributed by atoms with Crippen molar-refractivity contribution in [1.29, 1.82) is 0 Å². The van der Waals surface area contributed by atoms with Gasteiger partial charge in [-0.3, -0.25) is 4.79 Å². The lowest BCUT2D eigenvalue weighted by molar-refractivity contribution is 0.0929. The number of nitrogen functional groups attached to an aromatic ring is 1. The van der Waals surface area contributed by atoms with E-state index >= 15 is 0 Å². The van der Waals surface area contributed by atoms with Gasteiger partial charge in [0.05, 0.1) is 0 Å². The molecule has 0 saturated carbocycles. The lowest BCUT2D eigenvalue weighted by Gasteiger charge is -2.15. The summed E-state index contributed by atoms with van der Waals surface area (Å²) in [6.45, 7) is 2.05. The normalized spacial score (nSPS) is 12.2. The number of benzene rings is 1. The first-order chi connectivity index (χ1) is 8.08. The fourth-order valence-corrected chi connectivity index (χ4v) is 1.85. The van der Waals surface area contributed by atoms with Gasteiger partial charge in [-0.15, -0.1) is 0 Å². The van der Waals surface area contributed by atoms with E-state index in [1.165, 1.54) is 0 Å². The molecule has 1 rings (SSSR count). The molecule has 0 bridgehead atoms. The second-order valence-corrected chi connectivity index (χ2v) is 4.68. The molecule has 0 saturated heterocycles. The molecule has 5 heteroatoms. The van der Waals surface area contributed by atoms with Crippen LogP contribution < -0.4 is 11.1 Å². The molecule has 1 aromatic rings. The molecule has 1 aromatic carbocycles. The number of carbonyl (C=O) groups is 1. The van der Waals surface area contributed by atoms with Crippen molar-refractivity contribution in [1.82, 2.24) is 5.32 Å². The van der Waals surface area contributed by atoms with Crippen LogP contribution in [-0.2, 0) is 0 Å². The van der Waals surface area contributed by atoms with Crippen molar-refractivity contribution in [2.45, 2.75) is 25.8 Å². The largest absolute Gasteiger partial charge is 0.398 e. The standard InChI is InChI=1S/C12H17BrN2O2/c1-2-9(5-6-16)15-12(17)8-3-4-11(14)10(13)7-8/h3-4,7,9,16H,2,5-6,14H2,1H3,(H,15,17). The second-order valence-electron chi connectivity index (χ2n) is 3.83. The molecule has 17 heavy (non-hydrogen) atoms. The molecule has 0 aliphatic rings. The first-order valence-corrected chi connectivity index (χ1v) is 6.34. The maximum atomic E-state index is 11.9. The summed E-state index contributed by atoms with van der Waals surface area (Å²) in [5.41, 5.74) is 6.81. The number of aliphatic hydroxyl groups excluding tert-OH is 1. The average molecular weight is 301 g/mol. The van der Waals surface area contributed by atoms with Crippen molar-refractivity contribution in [2.24, 2.45) is 0 Å². The van der Waals surface area contributed by atoms with Crippen LogP contribution in [0.15, 0.2) is 22.7 Å². The Morgan fingerprint density at radius 2 is 2.29 bits per heavy atom. The number of nitrogens with one attached hydrogen (secondary N) is 1. The summed E-state index contributed by atoms with van der Waals surface area (Å²) >= 11 is 3.28. The summed E-state index contributed by atoms with van der Waals surface area (Å²) in [7, 11) is 0. The Morgan fingerprint density at radius 1 is 1.59 bits per heavy atom. The average Bonchev–Trinajstić information content (AvgIpc) is 2.31. The zero-order valence-electron chi connectivity index (χ0n) is 9.74. The van der Waals surface area contributed by atoms with Gasteiger partial charge in [-0.05, 0) is 47.0 Å².